The number of carbonyl (C=O) groups excluding carboxylic acids is 1. The van der Waals surface area contributed by atoms with E-state index in [1.807, 2.05) is 0 Å². The average Bonchev–Trinajstić information content (AvgIpc) is 2.30. The van der Waals surface area contributed by atoms with Crippen LogP contribution >= 0.6 is 0 Å². The first kappa shape index (κ1) is 15.0. The average molecular weight is 271 g/mol. The van der Waals surface area contributed by atoms with Crippen molar-refractivity contribution in [3.63, 3.8) is 0 Å². The van der Waals surface area contributed by atoms with Gasteiger partial charge in [-0.3, -0.25) is 4.79 Å². The molecule has 0 saturated carbocycles. The summed E-state index contributed by atoms with van der Waals surface area (Å²) >= 11 is 0. The fraction of sp³-hybridized carbons (Fsp3) is 0.385. The lowest BCUT2D eigenvalue weighted by atomic mass is 9.95. The zero-order valence-corrected chi connectivity index (χ0v) is 10.5. The normalized spacial score (nSPS) is 10.9. The second-order valence-electron chi connectivity index (χ2n) is 3.86. The van der Waals surface area contributed by atoms with Gasteiger partial charge < -0.3 is 4.74 Å². The lowest BCUT2D eigenvalue weighted by Gasteiger charge is -2.15. The number of rotatable bonds is 3. The van der Waals surface area contributed by atoms with Gasteiger partial charge in [-0.05, 0) is 37.1 Å². The molecule has 0 bridgehead atoms. The molecule has 1 aromatic carbocycles. The third-order valence-electron chi connectivity index (χ3n) is 2.65. The first-order valence-corrected chi connectivity index (χ1v) is 5.56. The molecule has 0 aliphatic heterocycles. The van der Waals surface area contributed by atoms with E-state index >= 15 is 0 Å². The highest BCUT2D eigenvalue weighted by molar-refractivity contribution is 5.74. The molecular weight excluding hydrogens is 259 g/mol. The van der Waals surface area contributed by atoms with Gasteiger partial charge in [-0.15, -0.1) is 0 Å². The van der Waals surface area contributed by atoms with Crippen LogP contribution in [0.5, 0.6) is 0 Å². The lowest BCUT2D eigenvalue weighted by molar-refractivity contribution is -0.143. The predicted molar refractivity (Wildman–Crippen MR) is 61.2 cm³/mol. The molecule has 6 heteroatoms. The third kappa shape index (κ3) is 3.47. The number of ether oxygens (including phenoxy) is 1. The van der Waals surface area contributed by atoms with Gasteiger partial charge in [0.1, 0.15) is 0 Å². The standard InChI is InChI=1S/C13H12F3NO2/c1-3-19-12(18)6-10-8(2)11(13(14,15)16)5-4-9(10)7-17/h4-5H,3,6H2,1-2H3. The Bertz CT molecular complexity index is 530. The molecule has 0 amide bonds. The van der Waals surface area contributed by atoms with Crippen molar-refractivity contribution in [2.45, 2.75) is 26.4 Å². The predicted octanol–water partition coefficient (Wildman–Crippen LogP) is 2.99. The fourth-order valence-electron chi connectivity index (χ4n) is 1.75. The van der Waals surface area contributed by atoms with Gasteiger partial charge in [-0.1, -0.05) is 0 Å². The molecule has 102 valence electrons. The van der Waals surface area contributed by atoms with Gasteiger partial charge in [0.25, 0.3) is 0 Å². The van der Waals surface area contributed by atoms with Crippen LogP contribution in [-0.2, 0) is 22.1 Å². The molecule has 0 heterocycles. The molecule has 3 nitrogen and oxygen atoms in total. The summed E-state index contributed by atoms with van der Waals surface area (Å²) in [6.07, 6.45) is -4.85. The molecule has 19 heavy (non-hydrogen) atoms. The van der Waals surface area contributed by atoms with Crippen molar-refractivity contribution in [3.05, 3.63) is 34.4 Å². The topological polar surface area (TPSA) is 50.1 Å². The minimum atomic E-state index is -4.51. The second kappa shape index (κ2) is 5.74. The van der Waals surface area contributed by atoms with E-state index < -0.39 is 17.7 Å². The number of alkyl halides is 3. The molecule has 0 unspecified atom stereocenters. The van der Waals surface area contributed by atoms with E-state index in [2.05, 4.69) is 0 Å². The highest BCUT2D eigenvalue weighted by Gasteiger charge is 2.33. The Balaban J connectivity index is 3.28. The minimum Gasteiger partial charge on any atom is -0.466 e. The van der Waals surface area contributed by atoms with Crippen molar-refractivity contribution in [2.24, 2.45) is 0 Å². The SMILES string of the molecule is CCOC(=O)Cc1c(C#N)ccc(C(F)(F)F)c1C. The Morgan fingerprint density at radius 1 is 1.42 bits per heavy atom. The molecule has 0 radical (unpaired) electrons. The zero-order chi connectivity index (χ0) is 14.6. The first-order valence-electron chi connectivity index (χ1n) is 5.56. The Morgan fingerprint density at radius 2 is 2.05 bits per heavy atom. The molecule has 0 fully saturated rings. The number of halogens is 3. The monoisotopic (exact) mass is 271 g/mol. The molecule has 1 rings (SSSR count). The maximum absolute atomic E-state index is 12.8. The Kier molecular flexibility index (Phi) is 4.54. The Labute approximate surface area is 108 Å². The number of carbonyl (C=O) groups is 1. The maximum atomic E-state index is 12.8. The van der Waals surface area contributed by atoms with Crippen LogP contribution in [0.2, 0.25) is 0 Å². The Hall–Kier alpha value is -2.03. The van der Waals surface area contributed by atoms with Crippen LogP contribution in [-0.4, -0.2) is 12.6 Å². The van der Waals surface area contributed by atoms with Gasteiger partial charge in [0.2, 0.25) is 0 Å². The Morgan fingerprint density at radius 3 is 2.53 bits per heavy atom. The third-order valence-corrected chi connectivity index (χ3v) is 2.65. The first-order chi connectivity index (χ1) is 8.81. The minimum absolute atomic E-state index is 0.0542. The van der Waals surface area contributed by atoms with Gasteiger partial charge >= 0.3 is 12.1 Å². The molecule has 0 saturated heterocycles. The van der Waals surface area contributed by atoms with Crippen LogP contribution in [0.3, 0.4) is 0 Å². The van der Waals surface area contributed by atoms with Crippen LogP contribution in [0.1, 0.15) is 29.2 Å². The molecule has 0 aliphatic rings. The smallest absolute Gasteiger partial charge is 0.416 e. The molecule has 0 atom stereocenters. The summed E-state index contributed by atoms with van der Waals surface area (Å²) in [5.74, 6) is -0.651. The van der Waals surface area contributed by atoms with Gasteiger partial charge in [-0.25, -0.2) is 0 Å². The van der Waals surface area contributed by atoms with E-state index in [0.29, 0.717) is 0 Å². The van der Waals surface area contributed by atoms with E-state index in [1.54, 1.807) is 13.0 Å². The zero-order valence-electron chi connectivity index (χ0n) is 10.5. The van der Waals surface area contributed by atoms with E-state index in [-0.39, 0.29) is 29.7 Å². The van der Waals surface area contributed by atoms with Crippen molar-refractivity contribution in [3.8, 4) is 6.07 Å². The van der Waals surface area contributed by atoms with Crippen LogP contribution in [0.4, 0.5) is 13.2 Å². The molecule has 1 aromatic rings. The molecule has 0 aliphatic carbocycles. The van der Waals surface area contributed by atoms with Crippen LogP contribution in [0.15, 0.2) is 12.1 Å². The van der Waals surface area contributed by atoms with Crippen molar-refractivity contribution in [2.75, 3.05) is 6.61 Å². The fourth-order valence-corrected chi connectivity index (χ4v) is 1.75. The summed E-state index contributed by atoms with van der Waals surface area (Å²) in [4.78, 5) is 11.4. The number of benzene rings is 1. The molecule has 0 N–H and O–H groups in total. The summed E-state index contributed by atoms with van der Waals surface area (Å²) in [6, 6.07) is 3.71. The second-order valence-corrected chi connectivity index (χ2v) is 3.86. The van der Waals surface area contributed by atoms with Crippen molar-refractivity contribution < 1.29 is 22.7 Å². The summed E-state index contributed by atoms with van der Waals surface area (Å²) in [7, 11) is 0. The van der Waals surface area contributed by atoms with Crippen LogP contribution in [0.25, 0.3) is 0 Å². The number of nitriles is 1. The van der Waals surface area contributed by atoms with E-state index in [9.17, 15) is 18.0 Å². The van der Waals surface area contributed by atoms with Crippen molar-refractivity contribution in [1.29, 1.82) is 5.26 Å². The number of hydrogen-bond acceptors (Lipinski definition) is 3. The maximum Gasteiger partial charge on any atom is 0.416 e. The summed E-state index contributed by atoms with van der Waals surface area (Å²) < 4.78 is 42.9. The number of hydrogen-bond donors (Lipinski definition) is 0. The summed E-state index contributed by atoms with van der Waals surface area (Å²) in [5, 5.41) is 8.90. The lowest BCUT2D eigenvalue weighted by Crippen LogP contribution is -2.14. The van der Waals surface area contributed by atoms with Gasteiger partial charge in [0, 0.05) is 0 Å². The van der Waals surface area contributed by atoms with Crippen LogP contribution in [0, 0.1) is 18.3 Å². The van der Waals surface area contributed by atoms with Gasteiger partial charge in [0.05, 0.1) is 30.2 Å². The van der Waals surface area contributed by atoms with Crippen molar-refractivity contribution in [1.82, 2.24) is 0 Å². The van der Waals surface area contributed by atoms with E-state index in [0.717, 1.165) is 12.1 Å². The highest BCUT2D eigenvalue weighted by atomic mass is 19.4. The van der Waals surface area contributed by atoms with E-state index in [4.69, 9.17) is 10.00 Å². The van der Waals surface area contributed by atoms with Gasteiger partial charge in [-0.2, -0.15) is 18.4 Å². The molecule has 0 aromatic heterocycles. The summed E-state index contributed by atoms with van der Waals surface area (Å²) in [6.45, 7) is 2.99. The van der Waals surface area contributed by atoms with Crippen molar-refractivity contribution >= 4 is 5.97 Å². The number of esters is 1. The molecule has 0 spiro atoms. The molecular formula is C13H12F3NO2. The van der Waals surface area contributed by atoms with Gasteiger partial charge in [0.15, 0.2) is 0 Å². The quantitative estimate of drug-likeness (QED) is 0.794. The largest absolute Gasteiger partial charge is 0.466 e. The summed E-state index contributed by atoms with van der Waals surface area (Å²) in [5.41, 5.74) is -0.834. The number of nitrogens with zero attached hydrogens (tertiary/aromatic N) is 1. The van der Waals surface area contributed by atoms with E-state index in [1.165, 1.54) is 6.92 Å². The van der Waals surface area contributed by atoms with Crippen LogP contribution < -0.4 is 0 Å². The highest BCUT2D eigenvalue weighted by Crippen LogP contribution is 2.34.